The van der Waals surface area contributed by atoms with Crippen LogP contribution in [0.15, 0.2) is 0 Å². The van der Waals surface area contributed by atoms with Gasteiger partial charge in [-0.2, -0.15) is 0 Å². The lowest BCUT2D eigenvalue weighted by atomic mass is 10.1. The summed E-state index contributed by atoms with van der Waals surface area (Å²) in [6.45, 7) is 0. The van der Waals surface area contributed by atoms with E-state index in [9.17, 15) is 39.4 Å². The summed E-state index contributed by atoms with van der Waals surface area (Å²) in [5, 5.41) is 54.4. The van der Waals surface area contributed by atoms with E-state index >= 15 is 0 Å². The van der Waals surface area contributed by atoms with Crippen LogP contribution in [-0.2, 0) is 19.2 Å². The van der Waals surface area contributed by atoms with Crippen molar-refractivity contribution in [3.05, 3.63) is 20.2 Å². The third-order valence-corrected chi connectivity index (χ3v) is 4.57. The van der Waals surface area contributed by atoms with Crippen molar-refractivity contribution in [2.24, 2.45) is 0 Å². The number of hydrogen-bond acceptors (Lipinski definition) is 8. The number of carbonyl (C=O) groups is 4. The Morgan fingerprint density at radius 1 is 0.545 bits per heavy atom. The minimum absolute atomic E-state index is 0.00456. The van der Waals surface area contributed by atoms with E-state index in [0.717, 1.165) is 12.8 Å². The minimum atomic E-state index is -1.54. The van der Waals surface area contributed by atoms with Gasteiger partial charge in [0.15, 0.2) is 0 Å². The number of hydrogen-bond donors (Lipinski definition) is 4. The highest BCUT2D eigenvalue weighted by Gasteiger charge is 2.28. The Morgan fingerprint density at radius 2 is 0.818 bits per heavy atom. The molecule has 0 aromatic rings. The number of nitro groups is 2. The van der Waals surface area contributed by atoms with Crippen LogP contribution in [0.1, 0.15) is 83.5 Å². The van der Waals surface area contributed by atoms with Crippen LogP contribution >= 0.6 is 0 Å². The van der Waals surface area contributed by atoms with Crippen molar-refractivity contribution in [3.8, 4) is 0 Å². The molecule has 4 N–H and O–H groups in total. The summed E-state index contributed by atoms with van der Waals surface area (Å²) in [5.41, 5.74) is 0. The van der Waals surface area contributed by atoms with Crippen molar-refractivity contribution in [1.82, 2.24) is 0 Å². The monoisotopic (exact) mass is 480 g/mol. The van der Waals surface area contributed by atoms with Gasteiger partial charge in [-0.15, -0.1) is 0 Å². The molecule has 190 valence electrons. The Morgan fingerprint density at radius 3 is 1.06 bits per heavy atom. The fourth-order valence-electron chi connectivity index (χ4n) is 2.75. The first-order valence-corrected chi connectivity index (χ1v) is 10.6. The molecule has 2 unspecified atom stereocenters. The molecule has 0 aliphatic heterocycles. The number of rotatable bonds is 19. The van der Waals surface area contributed by atoms with Crippen molar-refractivity contribution >= 4 is 23.9 Å². The van der Waals surface area contributed by atoms with Crippen molar-refractivity contribution in [1.29, 1.82) is 0 Å². The van der Waals surface area contributed by atoms with Crippen molar-refractivity contribution in [2.75, 3.05) is 0 Å². The maximum atomic E-state index is 10.5. The fraction of sp³-hybridized carbons (Fsp3) is 0.789. The summed E-state index contributed by atoms with van der Waals surface area (Å²) in [6, 6.07) is -3.06. The Balaban J connectivity index is 0. The van der Waals surface area contributed by atoms with Gasteiger partial charge in [0.25, 0.3) is 0 Å². The predicted octanol–water partition coefficient (Wildman–Crippen LogP) is 2.67. The molecule has 0 radical (unpaired) electrons. The Hall–Kier alpha value is -3.32. The molecule has 0 spiro atoms. The number of aliphatic carboxylic acids is 4. The lowest BCUT2D eigenvalue weighted by Crippen LogP contribution is -2.28. The summed E-state index contributed by atoms with van der Waals surface area (Å²) in [7, 11) is 0. The van der Waals surface area contributed by atoms with Crippen LogP contribution < -0.4 is 0 Å². The molecule has 0 aromatic heterocycles. The van der Waals surface area contributed by atoms with E-state index < -0.39 is 45.8 Å². The topological polar surface area (TPSA) is 235 Å². The normalized spacial score (nSPS) is 12.0. The van der Waals surface area contributed by atoms with Crippen LogP contribution in [0, 0.1) is 20.2 Å². The van der Waals surface area contributed by atoms with Crippen LogP contribution in [0.25, 0.3) is 0 Å². The first-order valence-electron chi connectivity index (χ1n) is 10.6. The quantitative estimate of drug-likeness (QED) is 0.119. The summed E-state index contributed by atoms with van der Waals surface area (Å²) in [5.74, 6) is -4.52. The first-order chi connectivity index (χ1) is 15.4. The lowest BCUT2D eigenvalue weighted by Gasteiger charge is -2.04. The zero-order valence-electron chi connectivity index (χ0n) is 18.3. The largest absolute Gasteiger partial charge is 0.481 e. The van der Waals surface area contributed by atoms with Gasteiger partial charge in [-0.25, -0.2) is 9.59 Å². The summed E-state index contributed by atoms with van der Waals surface area (Å²) in [6.07, 6.45) is 5.74. The minimum Gasteiger partial charge on any atom is -0.481 e. The van der Waals surface area contributed by atoms with E-state index in [2.05, 4.69) is 0 Å². The molecule has 33 heavy (non-hydrogen) atoms. The molecule has 0 saturated heterocycles. The predicted molar refractivity (Wildman–Crippen MR) is 112 cm³/mol. The summed E-state index contributed by atoms with van der Waals surface area (Å²) in [4.78, 5) is 60.3. The van der Waals surface area contributed by atoms with E-state index in [1.165, 1.54) is 0 Å². The molecule has 0 rings (SSSR count). The molecule has 14 nitrogen and oxygen atoms in total. The summed E-state index contributed by atoms with van der Waals surface area (Å²) < 4.78 is 0. The molecule has 0 aromatic carbocycles. The van der Waals surface area contributed by atoms with Crippen LogP contribution in [0.3, 0.4) is 0 Å². The molecule has 0 amide bonds. The van der Waals surface area contributed by atoms with Crippen LogP contribution in [0.2, 0.25) is 0 Å². The van der Waals surface area contributed by atoms with Crippen molar-refractivity contribution in [2.45, 2.75) is 95.6 Å². The smallest absolute Gasteiger partial charge is 0.379 e. The third-order valence-electron chi connectivity index (χ3n) is 4.57. The summed E-state index contributed by atoms with van der Waals surface area (Å²) >= 11 is 0. The SMILES string of the molecule is O=C(O)CCCCCCC(C(=O)O)[N+](=O)[O-].O=C(O)CCCCCCCC(C(=O)O)[N+](=O)[O-]. The zero-order chi connectivity index (χ0) is 25.8. The highest BCUT2D eigenvalue weighted by Crippen LogP contribution is 2.11. The highest BCUT2D eigenvalue weighted by atomic mass is 16.6. The third kappa shape index (κ3) is 20.3. The Kier molecular flexibility index (Phi) is 18.7. The van der Waals surface area contributed by atoms with E-state index in [4.69, 9.17) is 20.4 Å². The second kappa shape index (κ2) is 19.4. The van der Waals surface area contributed by atoms with E-state index in [1.807, 2.05) is 0 Å². The van der Waals surface area contributed by atoms with Crippen LogP contribution in [0.5, 0.6) is 0 Å². The standard InChI is InChI=1S/C10H17NO6.C9H15NO6/c12-9(13)7-5-3-1-2-4-6-8(10(14)15)11(16)17;11-8(12)6-4-2-1-3-5-7(9(13)14)10(15)16/h8H,1-7H2,(H,12,13)(H,14,15);7H,1-6H2,(H,11,12)(H,13,14). The number of nitrogens with zero attached hydrogens (tertiary/aromatic N) is 2. The van der Waals surface area contributed by atoms with Crippen molar-refractivity contribution in [3.63, 3.8) is 0 Å². The Bertz CT molecular complexity index is 625. The second-order valence-electron chi connectivity index (χ2n) is 7.33. The Labute approximate surface area is 189 Å². The van der Waals surface area contributed by atoms with E-state index in [0.29, 0.717) is 44.9 Å². The number of carboxylic acids is 4. The second-order valence-corrected chi connectivity index (χ2v) is 7.33. The molecule has 0 heterocycles. The van der Waals surface area contributed by atoms with Gasteiger partial charge in [0.05, 0.1) is 0 Å². The number of carboxylic acid groups (broad SMARTS) is 4. The number of unbranched alkanes of at least 4 members (excludes halogenated alkanes) is 7. The molecule has 2 atom stereocenters. The zero-order valence-corrected chi connectivity index (χ0v) is 18.3. The van der Waals surface area contributed by atoms with Crippen LogP contribution in [0.4, 0.5) is 0 Å². The van der Waals surface area contributed by atoms with Crippen LogP contribution in [-0.4, -0.2) is 66.2 Å². The molecule has 14 heteroatoms. The fourth-order valence-corrected chi connectivity index (χ4v) is 2.75. The van der Waals surface area contributed by atoms with E-state index in [1.54, 1.807) is 0 Å². The van der Waals surface area contributed by atoms with Gasteiger partial charge in [-0.3, -0.25) is 29.8 Å². The van der Waals surface area contributed by atoms with Gasteiger partial charge < -0.3 is 20.4 Å². The van der Waals surface area contributed by atoms with E-state index in [-0.39, 0.29) is 25.7 Å². The van der Waals surface area contributed by atoms with Crippen molar-refractivity contribution < 1.29 is 49.5 Å². The highest BCUT2D eigenvalue weighted by molar-refractivity contribution is 5.72. The van der Waals surface area contributed by atoms with Gasteiger partial charge in [0.1, 0.15) is 0 Å². The maximum absolute atomic E-state index is 10.5. The van der Waals surface area contributed by atoms with Gasteiger partial charge in [0.2, 0.25) is 0 Å². The molecule has 0 saturated carbocycles. The molecular weight excluding hydrogens is 448 g/mol. The average molecular weight is 480 g/mol. The molecular formula is C19H32N2O12. The lowest BCUT2D eigenvalue weighted by molar-refractivity contribution is -0.511. The maximum Gasteiger partial charge on any atom is 0.379 e. The molecule has 0 bridgehead atoms. The van der Waals surface area contributed by atoms with Gasteiger partial charge >= 0.3 is 36.0 Å². The molecule has 0 aliphatic rings. The molecule has 0 fully saturated rings. The first kappa shape index (κ1) is 31.9. The van der Waals surface area contributed by atoms with Gasteiger partial charge in [0, 0.05) is 35.5 Å². The molecule has 0 aliphatic carbocycles. The van der Waals surface area contributed by atoms with Gasteiger partial charge in [-0.1, -0.05) is 32.1 Å². The average Bonchev–Trinajstić information content (AvgIpc) is 2.68. The van der Waals surface area contributed by atoms with Gasteiger partial charge in [-0.05, 0) is 25.7 Å².